The highest BCUT2D eigenvalue weighted by Crippen LogP contribution is 2.34. The summed E-state index contributed by atoms with van der Waals surface area (Å²) in [4.78, 5) is 28.1. The van der Waals surface area contributed by atoms with Gasteiger partial charge in [-0.25, -0.2) is 24.7 Å². The highest BCUT2D eigenvalue weighted by Gasteiger charge is 2.20. The molecular weight excluding hydrogens is 405 g/mol. The van der Waals surface area contributed by atoms with Crippen LogP contribution in [0.2, 0.25) is 15.2 Å². The van der Waals surface area contributed by atoms with E-state index in [1.807, 2.05) is 0 Å². The summed E-state index contributed by atoms with van der Waals surface area (Å²) in [6, 6.07) is 0. The number of pyridine rings is 1. The summed E-state index contributed by atoms with van der Waals surface area (Å²) in [6.45, 7) is 0.613. The third-order valence-electron chi connectivity index (χ3n) is 3.47. The fourth-order valence-corrected chi connectivity index (χ4v) is 2.78. The first kappa shape index (κ1) is 18.4. The van der Waals surface area contributed by atoms with Crippen LogP contribution in [0.3, 0.4) is 0 Å². The molecule has 0 bridgehead atoms. The van der Waals surface area contributed by atoms with E-state index in [-0.39, 0.29) is 33.2 Å². The van der Waals surface area contributed by atoms with E-state index in [1.54, 1.807) is 10.9 Å². The first-order valence-corrected chi connectivity index (χ1v) is 8.42. The summed E-state index contributed by atoms with van der Waals surface area (Å²) in [5.74, 6) is -0.444. The maximum absolute atomic E-state index is 12.1. The van der Waals surface area contributed by atoms with Crippen molar-refractivity contribution in [1.29, 1.82) is 0 Å². The molecule has 9 nitrogen and oxygen atoms in total. The van der Waals surface area contributed by atoms with E-state index in [0.29, 0.717) is 29.9 Å². The SMILES string of the molecule is Nc1c(Cl)c(Cl)nc(C(=O)OCCCn2cnc3c(N)ncnc32)c1Cl. The molecule has 0 amide bonds. The smallest absolute Gasteiger partial charge is 0.358 e. The molecule has 0 aliphatic carbocycles. The van der Waals surface area contributed by atoms with Gasteiger partial charge in [0.15, 0.2) is 22.3 Å². The Morgan fingerprint density at radius 1 is 1.15 bits per heavy atom. The van der Waals surface area contributed by atoms with E-state index in [1.165, 1.54) is 6.33 Å². The topological polar surface area (TPSA) is 135 Å². The summed E-state index contributed by atoms with van der Waals surface area (Å²) < 4.78 is 6.94. The summed E-state index contributed by atoms with van der Waals surface area (Å²) in [7, 11) is 0. The average molecular weight is 417 g/mol. The largest absolute Gasteiger partial charge is 0.461 e. The fraction of sp³-hybridized carbons (Fsp3) is 0.214. The molecule has 0 saturated heterocycles. The lowest BCUT2D eigenvalue weighted by Gasteiger charge is -2.09. The highest BCUT2D eigenvalue weighted by molar-refractivity contribution is 6.46. The van der Waals surface area contributed by atoms with Crippen LogP contribution in [0, 0.1) is 0 Å². The summed E-state index contributed by atoms with van der Waals surface area (Å²) in [5, 5.41) is -0.235. The van der Waals surface area contributed by atoms with Crippen molar-refractivity contribution < 1.29 is 9.53 Å². The highest BCUT2D eigenvalue weighted by atomic mass is 35.5. The molecule has 3 aromatic rings. The number of nitrogens with zero attached hydrogens (tertiary/aromatic N) is 5. The van der Waals surface area contributed by atoms with Gasteiger partial charge in [-0.3, -0.25) is 0 Å². The van der Waals surface area contributed by atoms with Crippen molar-refractivity contribution in [1.82, 2.24) is 24.5 Å². The van der Waals surface area contributed by atoms with Gasteiger partial charge in [0, 0.05) is 6.54 Å². The lowest BCUT2D eigenvalue weighted by molar-refractivity contribution is 0.0489. The lowest BCUT2D eigenvalue weighted by atomic mass is 10.3. The molecule has 0 atom stereocenters. The van der Waals surface area contributed by atoms with Crippen LogP contribution in [0.15, 0.2) is 12.7 Å². The van der Waals surface area contributed by atoms with Gasteiger partial charge in [0.2, 0.25) is 0 Å². The number of halogens is 3. The number of hydrogen-bond acceptors (Lipinski definition) is 8. The number of anilines is 2. The molecule has 26 heavy (non-hydrogen) atoms. The number of rotatable bonds is 5. The van der Waals surface area contributed by atoms with Gasteiger partial charge in [0.25, 0.3) is 0 Å². The van der Waals surface area contributed by atoms with Crippen molar-refractivity contribution in [3.05, 3.63) is 33.5 Å². The van der Waals surface area contributed by atoms with Crippen molar-refractivity contribution >= 4 is 63.4 Å². The number of fused-ring (bicyclic) bond motifs is 1. The second kappa shape index (κ2) is 7.48. The Bertz CT molecular complexity index is 992. The van der Waals surface area contributed by atoms with Gasteiger partial charge in [-0.15, -0.1) is 0 Å². The molecular formula is C14H12Cl3N7O2. The maximum Gasteiger partial charge on any atom is 0.358 e. The molecule has 0 spiro atoms. The molecule has 0 aliphatic heterocycles. The molecule has 3 rings (SSSR count). The number of aryl methyl sites for hydroxylation is 1. The van der Waals surface area contributed by atoms with Crippen LogP contribution in [0.1, 0.15) is 16.9 Å². The molecule has 0 aliphatic rings. The monoisotopic (exact) mass is 415 g/mol. The van der Waals surface area contributed by atoms with Gasteiger partial charge >= 0.3 is 5.97 Å². The quantitative estimate of drug-likeness (QED) is 0.368. The summed E-state index contributed by atoms with van der Waals surface area (Å²) in [5.41, 5.74) is 12.3. The number of aromatic nitrogens is 5. The van der Waals surface area contributed by atoms with E-state index in [9.17, 15) is 4.79 Å². The van der Waals surface area contributed by atoms with Crippen molar-refractivity contribution in [2.24, 2.45) is 0 Å². The Morgan fingerprint density at radius 2 is 1.92 bits per heavy atom. The van der Waals surface area contributed by atoms with Gasteiger partial charge in [-0.05, 0) is 6.42 Å². The number of hydrogen-bond donors (Lipinski definition) is 2. The molecule has 3 aromatic heterocycles. The number of nitrogens with two attached hydrogens (primary N) is 2. The van der Waals surface area contributed by atoms with Crippen LogP contribution < -0.4 is 11.5 Å². The molecule has 0 radical (unpaired) electrons. The van der Waals surface area contributed by atoms with Crippen LogP contribution >= 0.6 is 34.8 Å². The molecule has 136 valence electrons. The maximum atomic E-state index is 12.1. The number of carbonyl (C=O) groups excluding carboxylic acids is 1. The molecule has 3 heterocycles. The molecule has 0 fully saturated rings. The lowest BCUT2D eigenvalue weighted by Crippen LogP contribution is -2.12. The fourth-order valence-electron chi connectivity index (χ4n) is 2.20. The Kier molecular flexibility index (Phi) is 5.30. The van der Waals surface area contributed by atoms with Crippen LogP contribution in [0.25, 0.3) is 11.2 Å². The Labute approximate surface area is 162 Å². The number of imidazole rings is 1. The van der Waals surface area contributed by atoms with Crippen LogP contribution in [-0.2, 0) is 11.3 Å². The van der Waals surface area contributed by atoms with Crippen molar-refractivity contribution in [2.75, 3.05) is 18.1 Å². The molecule has 12 heteroatoms. The Hall–Kier alpha value is -2.36. The van der Waals surface area contributed by atoms with Crippen LogP contribution in [0.5, 0.6) is 0 Å². The molecule has 0 saturated carbocycles. The normalized spacial score (nSPS) is 11.0. The Morgan fingerprint density at radius 3 is 2.69 bits per heavy atom. The molecule has 0 unspecified atom stereocenters. The van der Waals surface area contributed by atoms with Gasteiger partial charge in [0.1, 0.15) is 16.9 Å². The van der Waals surface area contributed by atoms with E-state index in [0.717, 1.165) is 0 Å². The predicted octanol–water partition coefficient (Wildman–Crippen LogP) is 2.59. The predicted molar refractivity (Wildman–Crippen MR) is 98.3 cm³/mol. The third-order valence-corrected chi connectivity index (χ3v) is 4.61. The molecule has 4 N–H and O–H groups in total. The summed E-state index contributed by atoms with van der Waals surface area (Å²) in [6.07, 6.45) is 3.45. The second-order valence-corrected chi connectivity index (χ2v) is 6.27. The van der Waals surface area contributed by atoms with Crippen LogP contribution in [-0.4, -0.2) is 37.1 Å². The third kappa shape index (κ3) is 3.46. The van der Waals surface area contributed by atoms with E-state index in [2.05, 4.69) is 19.9 Å². The Balaban J connectivity index is 1.62. The van der Waals surface area contributed by atoms with E-state index >= 15 is 0 Å². The first-order valence-electron chi connectivity index (χ1n) is 7.28. The number of esters is 1. The van der Waals surface area contributed by atoms with Crippen molar-refractivity contribution in [3.63, 3.8) is 0 Å². The second-order valence-electron chi connectivity index (χ2n) is 5.15. The first-order chi connectivity index (χ1) is 12.4. The number of carbonyl (C=O) groups is 1. The number of nitrogen functional groups attached to an aromatic ring is 2. The molecule has 0 aromatic carbocycles. The minimum atomic E-state index is -0.748. The summed E-state index contributed by atoms with van der Waals surface area (Å²) >= 11 is 17.6. The minimum Gasteiger partial charge on any atom is -0.461 e. The van der Waals surface area contributed by atoms with Gasteiger partial charge < -0.3 is 20.8 Å². The van der Waals surface area contributed by atoms with Crippen molar-refractivity contribution in [2.45, 2.75) is 13.0 Å². The zero-order chi connectivity index (χ0) is 18.8. The average Bonchev–Trinajstić information content (AvgIpc) is 3.04. The standard InChI is InChI=1S/C14H12Cl3N7O2/c15-6-8(18)7(16)11(17)23-9(6)14(25)26-3-1-2-24-5-22-10-12(19)20-4-21-13(10)24/h4-5H,1-3H2,(H2,18,23)(H2,19,20,21). The van der Waals surface area contributed by atoms with E-state index in [4.69, 9.17) is 51.0 Å². The van der Waals surface area contributed by atoms with Crippen LogP contribution in [0.4, 0.5) is 11.5 Å². The zero-order valence-electron chi connectivity index (χ0n) is 13.1. The zero-order valence-corrected chi connectivity index (χ0v) is 15.4. The van der Waals surface area contributed by atoms with Gasteiger partial charge in [-0.1, -0.05) is 34.8 Å². The van der Waals surface area contributed by atoms with Gasteiger partial charge in [0.05, 0.1) is 23.6 Å². The van der Waals surface area contributed by atoms with E-state index < -0.39 is 5.97 Å². The minimum absolute atomic E-state index is 0.0125. The van der Waals surface area contributed by atoms with Crippen molar-refractivity contribution in [3.8, 4) is 0 Å². The number of ether oxygens (including phenoxy) is 1. The van der Waals surface area contributed by atoms with Gasteiger partial charge in [-0.2, -0.15) is 0 Å².